The zero-order chi connectivity index (χ0) is 18.0. The number of alkyl halides is 3. The Bertz CT molecular complexity index is 774. The first-order valence-corrected chi connectivity index (χ1v) is 7.67. The van der Waals surface area contributed by atoms with Gasteiger partial charge < -0.3 is 10.6 Å². The highest BCUT2D eigenvalue weighted by atomic mass is 35.5. The molecule has 1 aliphatic rings. The fourth-order valence-electron chi connectivity index (χ4n) is 2.71. The van der Waals surface area contributed by atoms with Crippen molar-refractivity contribution in [2.45, 2.75) is 25.1 Å². The number of benzene rings is 1. The Hall–Kier alpha value is -2.20. The van der Waals surface area contributed by atoms with Crippen LogP contribution in [0.1, 0.15) is 29.0 Å². The molecule has 1 atom stereocenters. The molecule has 1 aromatic carbocycles. The predicted molar refractivity (Wildman–Crippen MR) is 86.9 cm³/mol. The van der Waals surface area contributed by atoms with Gasteiger partial charge in [0.25, 0.3) is 5.91 Å². The second-order valence-corrected chi connectivity index (χ2v) is 5.66. The van der Waals surface area contributed by atoms with Crippen LogP contribution in [0.3, 0.4) is 0 Å². The van der Waals surface area contributed by atoms with Crippen molar-refractivity contribution in [3.8, 4) is 5.69 Å². The molecule has 2 N–H and O–H groups in total. The van der Waals surface area contributed by atoms with Crippen LogP contribution in [0.15, 0.2) is 24.3 Å². The summed E-state index contributed by atoms with van der Waals surface area (Å²) in [5.41, 5.74) is -2.71. The van der Waals surface area contributed by atoms with Gasteiger partial charge in [0, 0.05) is 12.6 Å². The monoisotopic (exact) mass is 393 g/mol. The Labute approximate surface area is 152 Å². The van der Waals surface area contributed by atoms with Gasteiger partial charge in [-0.05, 0) is 31.5 Å². The molecule has 2 aromatic rings. The summed E-state index contributed by atoms with van der Waals surface area (Å²) in [6, 6.07) is 4.55. The van der Waals surface area contributed by atoms with Crippen LogP contribution < -0.4 is 10.6 Å². The minimum absolute atomic E-state index is 0. The lowest BCUT2D eigenvalue weighted by Gasteiger charge is -2.23. The molecule has 3 rings (SSSR count). The Morgan fingerprint density at radius 2 is 2.04 bits per heavy atom. The van der Waals surface area contributed by atoms with Crippen molar-refractivity contribution in [1.82, 2.24) is 25.6 Å². The van der Waals surface area contributed by atoms with E-state index < -0.39 is 35.0 Å². The summed E-state index contributed by atoms with van der Waals surface area (Å²) >= 11 is 0. The van der Waals surface area contributed by atoms with Crippen LogP contribution in [-0.4, -0.2) is 40.0 Å². The minimum atomic E-state index is -4.93. The smallest absolute Gasteiger partial charge is 0.347 e. The average molecular weight is 394 g/mol. The number of carbonyl (C=O) groups is 1. The Morgan fingerprint density at radius 3 is 2.65 bits per heavy atom. The third kappa shape index (κ3) is 4.13. The number of hydrogen-bond acceptors (Lipinski definition) is 4. The first kappa shape index (κ1) is 20.1. The van der Waals surface area contributed by atoms with Crippen LogP contribution in [0.4, 0.5) is 17.6 Å². The summed E-state index contributed by atoms with van der Waals surface area (Å²) in [5, 5.41) is 12.3. The summed E-state index contributed by atoms with van der Waals surface area (Å²) in [4.78, 5) is 12.3. The number of nitrogens with one attached hydrogen (secondary N) is 2. The number of amides is 1. The topological polar surface area (TPSA) is 71.8 Å². The van der Waals surface area contributed by atoms with Crippen molar-refractivity contribution < 1.29 is 22.4 Å². The summed E-state index contributed by atoms with van der Waals surface area (Å²) in [6.07, 6.45) is -3.47. The fourth-order valence-corrected chi connectivity index (χ4v) is 2.71. The van der Waals surface area contributed by atoms with E-state index in [1.54, 1.807) is 0 Å². The first-order valence-electron chi connectivity index (χ1n) is 7.67. The van der Waals surface area contributed by atoms with Gasteiger partial charge in [-0.15, -0.1) is 17.5 Å². The second kappa shape index (κ2) is 8.00. The molecule has 11 heteroatoms. The quantitative estimate of drug-likeness (QED) is 0.785. The molecule has 0 saturated carbocycles. The third-order valence-electron chi connectivity index (χ3n) is 3.87. The number of nitrogens with zero attached hydrogens (tertiary/aromatic N) is 3. The minimum Gasteiger partial charge on any atom is -0.347 e. The molecular formula is C15H16ClF4N5O. The van der Waals surface area contributed by atoms with Gasteiger partial charge in [-0.2, -0.15) is 13.2 Å². The molecule has 0 aliphatic carbocycles. The third-order valence-corrected chi connectivity index (χ3v) is 3.87. The van der Waals surface area contributed by atoms with Crippen molar-refractivity contribution in [1.29, 1.82) is 0 Å². The van der Waals surface area contributed by atoms with Gasteiger partial charge in [0.15, 0.2) is 11.4 Å². The summed E-state index contributed by atoms with van der Waals surface area (Å²) < 4.78 is 54.6. The van der Waals surface area contributed by atoms with E-state index in [2.05, 4.69) is 20.9 Å². The number of carbonyl (C=O) groups excluding carboxylic acids is 1. The zero-order valence-electron chi connectivity index (χ0n) is 13.4. The Balaban J connectivity index is 0.00000243. The van der Waals surface area contributed by atoms with Crippen LogP contribution in [0.5, 0.6) is 0 Å². The van der Waals surface area contributed by atoms with Crippen molar-refractivity contribution in [3.63, 3.8) is 0 Å². The molecule has 0 bridgehead atoms. The molecule has 2 heterocycles. The molecule has 1 fully saturated rings. The molecule has 1 aliphatic heterocycles. The molecule has 0 radical (unpaired) electrons. The SMILES string of the molecule is Cl.O=C(N[C@H]1CCCNC1)c1nnn(-c2ccccc2F)c1C(F)(F)F. The Kier molecular flexibility index (Phi) is 6.19. The molecule has 1 aromatic heterocycles. The molecule has 26 heavy (non-hydrogen) atoms. The van der Waals surface area contributed by atoms with Crippen molar-refractivity contribution in [2.24, 2.45) is 0 Å². The average Bonchev–Trinajstić information content (AvgIpc) is 3.01. The molecular weight excluding hydrogens is 378 g/mol. The largest absolute Gasteiger partial charge is 0.435 e. The number of aromatic nitrogens is 3. The van der Waals surface area contributed by atoms with Crippen LogP contribution in [0, 0.1) is 5.82 Å². The lowest BCUT2D eigenvalue weighted by atomic mass is 10.1. The van der Waals surface area contributed by atoms with Gasteiger partial charge >= 0.3 is 6.18 Å². The first-order chi connectivity index (χ1) is 11.9. The normalized spacial score (nSPS) is 17.5. The van der Waals surface area contributed by atoms with Gasteiger partial charge in [-0.1, -0.05) is 17.3 Å². The van der Waals surface area contributed by atoms with Crippen LogP contribution in [-0.2, 0) is 6.18 Å². The summed E-state index contributed by atoms with van der Waals surface area (Å²) in [7, 11) is 0. The van der Waals surface area contributed by atoms with Gasteiger partial charge in [0.2, 0.25) is 0 Å². The summed E-state index contributed by atoms with van der Waals surface area (Å²) in [5.74, 6) is -1.88. The molecule has 1 amide bonds. The molecule has 0 unspecified atom stereocenters. The number of hydrogen-bond donors (Lipinski definition) is 2. The molecule has 6 nitrogen and oxygen atoms in total. The van der Waals surface area contributed by atoms with E-state index in [9.17, 15) is 22.4 Å². The van der Waals surface area contributed by atoms with Gasteiger partial charge in [0.05, 0.1) is 0 Å². The maximum Gasteiger partial charge on any atom is 0.435 e. The van der Waals surface area contributed by atoms with Gasteiger partial charge in [0.1, 0.15) is 11.5 Å². The fraction of sp³-hybridized carbons (Fsp3) is 0.400. The number of para-hydroxylation sites is 1. The molecule has 142 valence electrons. The van der Waals surface area contributed by atoms with Crippen LogP contribution >= 0.6 is 12.4 Å². The summed E-state index contributed by atoms with van der Waals surface area (Å²) in [6.45, 7) is 1.26. The van der Waals surface area contributed by atoms with E-state index in [-0.39, 0.29) is 18.4 Å². The second-order valence-electron chi connectivity index (χ2n) is 5.66. The zero-order valence-corrected chi connectivity index (χ0v) is 14.2. The lowest BCUT2D eigenvalue weighted by molar-refractivity contribution is -0.143. The predicted octanol–water partition coefficient (Wildman–Crippen LogP) is 2.33. The highest BCUT2D eigenvalue weighted by Gasteiger charge is 2.42. The van der Waals surface area contributed by atoms with Crippen molar-refractivity contribution in [2.75, 3.05) is 13.1 Å². The van der Waals surface area contributed by atoms with E-state index in [1.807, 2.05) is 0 Å². The Morgan fingerprint density at radius 1 is 1.31 bits per heavy atom. The lowest BCUT2D eigenvalue weighted by Crippen LogP contribution is -2.46. The van der Waals surface area contributed by atoms with E-state index in [0.29, 0.717) is 17.6 Å². The number of halogens is 5. The van der Waals surface area contributed by atoms with E-state index in [0.717, 1.165) is 25.1 Å². The number of piperidine rings is 1. The van der Waals surface area contributed by atoms with Crippen LogP contribution in [0.2, 0.25) is 0 Å². The van der Waals surface area contributed by atoms with Crippen LogP contribution in [0.25, 0.3) is 5.69 Å². The highest BCUT2D eigenvalue weighted by molar-refractivity contribution is 5.93. The van der Waals surface area contributed by atoms with Gasteiger partial charge in [-0.3, -0.25) is 4.79 Å². The van der Waals surface area contributed by atoms with E-state index in [1.165, 1.54) is 12.1 Å². The maximum absolute atomic E-state index is 13.9. The van der Waals surface area contributed by atoms with E-state index in [4.69, 9.17) is 0 Å². The van der Waals surface area contributed by atoms with Crippen molar-refractivity contribution in [3.05, 3.63) is 41.5 Å². The van der Waals surface area contributed by atoms with E-state index >= 15 is 0 Å². The number of rotatable bonds is 3. The molecule has 0 spiro atoms. The maximum atomic E-state index is 13.9. The molecule has 1 saturated heterocycles. The van der Waals surface area contributed by atoms with Crippen molar-refractivity contribution >= 4 is 18.3 Å². The van der Waals surface area contributed by atoms with Gasteiger partial charge in [-0.25, -0.2) is 9.07 Å². The highest BCUT2D eigenvalue weighted by Crippen LogP contribution is 2.33. The standard InChI is InChI=1S/C15H15F4N5O.ClH/c16-10-5-1-2-6-11(10)24-13(15(17,18)19)12(22-23-24)14(25)21-9-4-3-7-20-8-9;/h1-2,5-6,9,20H,3-4,7-8H2,(H,21,25);1H/t9-;/m0./s1.